The van der Waals surface area contributed by atoms with Crippen molar-refractivity contribution in [3.05, 3.63) is 47.3 Å². The Morgan fingerprint density at radius 3 is 2.55 bits per heavy atom. The monoisotopic (exact) mass is 397 g/mol. The Kier molecular flexibility index (Phi) is 5.83. The SMILES string of the molecule is COc1ccc(CCC(=O)N2CCCN(C(=O)c3cc(C4CC4)on3)CC2)cc1. The third kappa shape index (κ3) is 4.78. The number of ether oxygens (including phenoxy) is 1. The summed E-state index contributed by atoms with van der Waals surface area (Å²) in [5.41, 5.74) is 1.49. The van der Waals surface area contributed by atoms with Crippen LogP contribution in [0, 0.1) is 0 Å². The van der Waals surface area contributed by atoms with E-state index in [0.717, 1.165) is 36.3 Å². The molecule has 2 aliphatic rings. The molecule has 0 bridgehead atoms. The minimum absolute atomic E-state index is 0.104. The molecule has 7 nitrogen and oxygen atoms in total. The highest BCUT2D eigenvalue weighted by molar-refractivity contribution is 5.92. The number of aryl methyl sites for hydroxylation is 1. The number of aromatic nitrogens is 1. The zero-order valence-corrected chi connectivity index (χ0v) is 16.8. The Bertz CT molecular complexity index is 857. The van der Waals surface area contributed by atoms with E-state index in [4.69, 9.17) is 9.26 Å². The molecule has 2 amide bonds. The molecule has 2 heterocycles. The van der Waals surface area contributed by atoms with E-state index in [1.54, 1.807) is 18.1 Å². The highest BCUT2D eigenvalue weighted by Gasteiger charge is 2.30. The second-order valence-corrected chi connectivity index (χ2v) is 7.76. The Labute approximate surface area is 170 Å². The summed E-state index contributed by atoms with van der Waals surface area (Å²) in [6.07, 6.45) is 4.16. The first-order valence-corrected chi connectivity index (χ1v) is 10.3. The maximum atomic E-state index is 12.7. The fourth-order valence-electron chi connectivity index (χ4n) is 3.68. The van der Waals surface area contributed by atoms with Crippen molar-refractivity contribution in [3.63, 3.8) is 0 Å². The van der Waals surface area contributed by atoms with Gasteiger partial charge in [-0.15, -0.1) is 0 Å². The van der Waals surface area contributed by atoms with E-state index < -0.39 is 0 Å². The van der Waals surface area contributed by atoms with Crippen molar-refractivity contribution in [2.45, 2.75) is 38.0 Å². The lowest BCUT2D eigenvalue weighted by Gasteiger charge is -2.21. The summed E-state index contributed by atoms with van der Waals surface area (Å²) in [5, 5.41) is 3.96. The predicted molar refractivity (Wildman–Crippen MR) is 107 cm³/mol. The predicted octanol–water partition coefficient (Wildman–Crippen LogP) is 2.87. The molecular weight excluding hydrogens is 370 g/mol. The number of hydrogen-bond donors (Lipinski definition) is 0. The van der Waals surface area contributed by atoms with E-state index in [0.29, 0.717) is 50.6 Å². The summed E-state index contributed by atoms with van der Waals surface area (Å²) in [6.45, 7) is 2.39. The number of rotatable bonds is 6. The normalized spacial score (nSPS) is 17.1. The van der Waals surface area contributed by atoms with Gasteiger partial charge in [-0.05, 0) is 43.4 Å². The highest BCUT2D eigenvalue weighted by atomic mass is 16.5. The first-order chi connectivity index (χ1) is 14.1. The number of carbonyl (C=O) groups is 2. The van der Waals surface area contributed by atoms with Gasteiger partial charge in [0.1, 0.15) is 11.5 Å². The molecule has 1 aromatic heterocycles. The van der Waals surface area contributed by atoms with Crippen LogP contribution in [0.5, 0.6) is 5.75 Å². The van der Waals surface area contributed by atoms with Gasteiger partial charge in [0.25, 0.3) is 5.91 Å². The number of benzene rings is 1. The second-order valence-electron chi connectivity index (χ2n) is 7.76. The van der Waals surface area contributed by atoms with Crippen LogP contribution in [0.15, 0.2) is 34.9 Å². The van der Waals surface area contributed by atoms with E-state index in [2.05, 4.69) is 5.16 Å². The Balaban J connectivity index is 1.28. The standard InChI is InChI=1S/C22H27N3O4/c1-28-18-8-3-16(4-9-18)5-10-21(26)24-11-2-12-25(14-13-24)22(27)19-15-20(29-23-19)17-6-7-17/h3-4,8-9,15,17H,2,5-7,10-14H2,1H3. The summed E-state index contributed by atoms with van der Waals surface area (Å²) in [7, 11) is 1.64. The number of hydrogen-bond acceptors (Lipinski definition) is 5. The summed E-state index contributed by atoms with van der Waals surface area (Å²) < 4.78 is 10.5. The molecule has 4 rings (SSSR count). The molecule has 0 N–H and O–H groups in total. The third-order valence-corrected chi connectivity index (χ3v) is 5.65. The molecule has 154 valence electrons. The maximum Gasteiger partial charge on any atom is 0.276 e. The Morgan fingerprint density at radius 1 is 1.10 bits per heavy atom. The minimum atomic E-state index is -0.104. The topological polar surface area (TPSA) is 75.9 Å². The van der Waals surface area contributed by atoms with E-state index in [9.17, 15) is 9.59 Å². The summed E-state index contributed by atoms with van der Waals surface area (Å²) >= 11 is 0. The quantitative estimate of drug-likeness (QED) is 0.749. The van der Waals surface area contributed by atoms with Gasteiger partial charge >= 0.3 is 0 Å². The Morgan fingerprint density at radius 2 is 1.83 bits per heavy atom. The lowest BCUT2D eigenvalue weighted by atomic mass is 10.1. The van der Waals surface area contributed by atoms with Crippen LogP contribution in [0.4, 0.5) is 0 Å². The molecule has 1 aromatic carbocycles. The van der Waals surface area contributed by atoms with Gasteiger partial charge in [-0.3, -0.25) is 9.59 Å². The number of nitrogens with zero attached hydrogens (tertiary/aromatic N) is 3. The molecule has 7 heteroatoms. The van der Waals surface area contributed by atoms with Crippen molar-refractivity contribution >= 4 is 11.8 Å². The largest absolute Gasteiger partial charge is 0.497 e. The molecule has 0 atom stereocenters. The fraction of sp³-hybridized carbons (Fsp3) is 0.500. The highest BCUT2D eigenvalue weighted by Crippen LogP contribution is 2.40. The van der Waals surface area contributed by atoms with Crippen LogP contribution >= 0.6 is 0 Å². The maximum absolute atomic E-state index is 12.7. The smallest absolute Gasteiger partial charge is 0.276 e. The van der Waals surface area contributed by atoms with E-state index in [1.807, 2.05) is 29.2 Å². The average molecular weight is 397 g/mol. The van der Waals surface area contributed by atoms with Crippen molar-refractivity contribution in [3.8, 4) is 5.75 Å². The van der Waals surface area contributed by atoms with Crippen molar-refractivity contribution in [2.24, 2.45) is 0 Å². The van der Waals surface area contributed by atoms with Gasteiger partial charge in [-0.1, -0.05) is 17.3 Å². The van der Waals surface area contributed by atoms with Gasteiger partial charge in [-0.25, -0.2) is 0 Å². The van der Waals surface area contributed by atoms with Crippen LogP contribution in [0.2, 0.25) is 0 Å². The van der Waals surface area contributed by atoms with E-state index in [-0.39, 0.29) is 11.8 Å². The molecule has 0 radical (unpaired) electrons. The van der Waals surface area contributed by atoms with Crippen LogP contribution in [0.25, 0.3) is 0 Å². The summed E-state index contributed by atoms with van der Waals surface area (Å²) in [5.74, 6) is 2.10. The minimum Gasteiger partial charge on any atom is -0.497 e. The van der Waals surface area contributed by atoms with Crippen LogP contribution in [-0.4, -0.2) is 60.1 Å². The number of carbonyl (C=O) groups excluding carboxylic acids is 2. The molecule has 0 unspecified atom stereocenters. The lowest BCUT2D eigenvalue weighted by molar-refractivity contribution is -0.131. The molecule has 2 fully saturated rings. The van der Waals surface area contributed by atoms with Crippen LogP contribution in [-0.2, 0) is 11.2 Å². The van der Waals surface area contributed by atoms with Gasteiger partial charge in [-0.2, -0.15) is 0 Å². The molecule has 1 saturated heterocycles. The van der Waals surface area contributed by atoms with Gasteiger partial charge in [0.05, 0.1) is 7.11 Å². The van der Waals surface area contributed by atoms with Crippen molar-refractivity contribution in [1.29, 1.82) is 0 Å². The lowest BCUT2D eigenvalue weighted by Crippen LogP contribution is -2.37. The molecule has 1 aliphatic heterocycles. The first kappa shape index (κ1) is 19.5. The van der Waals surface area contributed by atoms with Crippen molar-refractivity contribution in [2.75, 3.05) is 33.3 Å². The second kappa shape index (κ2) is 8.68. The molecule has 2 aromatic rings. The van der Waals surface area contributed by atoms with Gasteiger partial charge in [0.2, 0.25) is 5.91 Å². The fourth-order valence-corrected chi connectivity index (χ4v) is 3.68. The van der Waals surface area contributed by atoms with Gasteiger partial charge < -0.3 is 19.1 Å². The average Bonchev–Trinajstić information content (AvgIpc) is 3.53. The molecule has 0 spiro atoms. The number of methoxy groups -OCH3 is 1. The number of amides is 2. The third-order valence-electron chi connectivity index (χ3n) is 5.65. The Hall–Kier alpha value is -2.83. The van der Waals surface area contributed by atoms with Gasteiger partial charge in [0, 0.05) is 44.6 Å². The van der Waals surface area contributed by atoms with E-state index in [1.165, 1.54) is 0 Å². The zero-order valence-electron chi connectivity index (χ0n) is 16.8. The first-order valence-electron chi connectivity index (χ1n) is 10.3. The molecule has 1 saturated carbocycles. The van der Waals surface area contributed by atoms with E-state index >= 15 is 0 Å². The molecule has 1 aliphatic carbocycles. The zero-order chi connectivity index (χ0) is 20.2. The molecular formula is C22H27N3O4. The van der Waals surface area contributed by atoms with Crippen molar-refractivity contribution in [1.82, 2.24) is 15.0 Å². The van der Waals surface area contributed by atoms with Gasteiger partial charge in [0.15, 0.2) is 5.69 Å². The van der Waals surface area contributed by atoms with Crippen LogP contribution in [0.3, 0.4) is 0 Å². The summed E-state index contributed by atoms with van der Waals surface area (Å²) in [4.78, 5) is 29.0. The summed E-state index contributed by atoms with van der Waals surface area (Å²) in [6, 6.07) is 9.58. The molecule has 29 heavy (non-hydrogen) atoms. The van der Waals surface area contributed by atoms with Crippen LogP contribution < -0.4 is 4.74 Å². The van der Waals surface area contributed by atoms with Crippen molar-refractivity contribution < 1.29 is 18.8 Å². The van der Waals surface area contributed by atoms with Crippen LogP contribution in [0.1, 0.15) is 53.4 Å².